The Labute approximate surface area is 156 Å². The van der Waals surface area contributed by atoms with Crippen molar-refractivity contribution < 1.29 is 24.2 Å². The van der Waals surface area contributed by atoms with Gasteiger partial charge >= 0.3 is 11.9 Å². The minimum Gasteiger partial charge on any atom is -0.508 e. The first-order valence-electron chi connectivity index (χ1n) is 8.24. The molecule has 0 aliphatic heterocycles. The number of carbonyl (C=O) groups is 2. The fraction of sp³-hybridized carbons (Fsp3) is 0.0909. The molecule has 0 spiro atoms. The van der Waals surface area contributed by atoms with Gasteiger partial charge < -0.3 is 14.6 Å². The lowest BCUT2D eigenvalue weighted by atomic mass is 9.93. The molecule has 3 aromatic rings. The van der Waals surface area contributed by atoms with Crippen molar-refractivity contribution in [3.05, 3.63) is 77.9 Å². The Kier molecular flexibility index (Phi) is 5.22. The number of esters is 2. The standard InChI is InChI=1S/C22H18O5/c1-26-21(24)19-13-17(23)12-18(20(19)22(25)27-2)16-10-8-15(9-11-16)14-6-4-3-5-7-14/h3-13,23H,1-2H3. The van der Waals surface area contributed by atoms with Gasteiger partial charge in [-0.15, -0.1) is 0 Å². The minimum atomic E-state index is -0.728. The fourth-order valence-corrected chi connectivity index (χ4v) is 2.92. The van der Waals surface area contributed by atoms with Gasteiger partial charge in [-0.3, -0.25) is 0 Å². The van der Waals surface area contributed by atoms with Gasteiger partial charge in [0.25, 0.3) is 0 Å². The molecule has 1 N–H and O–H groups in total. The molecule has 3 rings (SSSR count). The van der Waals surface area contributed by atoms with E-state index >= 15 is 0 Å². The maximum absolute atomic E-state index is 12.3. The van der Waals surface area contributed by atoms with Crippen LogP contribution in [-0.4, -0.2) is 31.3 Å². The van der Waals surface area contributed by atoms with Crippen molar-refractivity contribution in [3.63, 3.8) is 0 Å². The van der Waals surface area contributed by atoms with E-state index in [0.29, 0.717) is 11.1 Å². The van der Waals surface area contributed by atoms with Gasteiger partial charge in [0.1, 0.15) is 5.75 Å². The molecule has 0 radical (unpaired) electrons. The van der Waals surface area contributed by atoms with Crippen molar-refractivity contribution in [2.24, 2.45) is 0 Å². The van der Waals surface area contributed by atoms with Crippen LogP contribution in [0.2, 0.25) is 0 Å². The second kappa shape index (κ2) is 7.74. The van der Waals surface area contributed by atoms with Crippen LogP contribution in [-0.2, 0) is 9.47 Å². The number of aromatic hydroxyl groups is 1. The molecule has 0 unspecified atom stereocenters. The summed E-state index contributed by atoms with van der Waals surface area (Å²) in [6.07, 6.45) is 0. The van der Waals surface area contributed by atoms with Crippen LogP contribution >= 0.6 is 0 Å². The van der Waals surface area contributed by atoms with E-state index in [-0.39, 0.29) is 16.9 Å². The van der Waals surface area contributed by atoms with Crippen molar-refractivity contribution in [2.75, 3.05) is 14.2 Å². The molecular weight excluding hydrogens is 344 g/mol. The normalized spacial score (nSPS) is 10.3. The highest BCUT2D eigenvalue weighted by Crippen LogP contribution is 2.33. The predicted molar refractivity (Wildman–Crippen MR) is 102 cm³/mol. The van der Waals surface area contributed by atoms with Crippen molar-refractivity contribution in [3.8, 4) is 28.0 Å². The van der Waals surface area contributed by atoms with Crippen molar-refractivity contribution in [1.82, 2.24) is 0 Å². The number of hydrogen-bond acceptors (Lipinski definition) is 5. The molecule has 0 aliphatic carbocycles. The Morgan fingerprint density at radius 1 is 0.741 bits per heavy atom. The predicted octanol–water partition coefficient (Wildman–Crippen LogP) is 4.30. The third-order valence-corrected chi connectivity index (χ3v) is 4.22. The first-order chi connectivity index (χ1) is 13.0. The molecule has 0 saturated heterocycles. The summed E-state index contributed by atoms with van der Waals surface area (Å²) >= 11 is 0. The highest BCUT2D eigenvalue weighted by Gasteiger charge is 2.24. The first kappa shape index (κ1) is 18.2. The SMILES string of the molecule is COC(=O)c1cc(O)cc(-c2ccc(-c3ccccc3)cc2)c1C(=O)OC. The maximum Gasteiger partial charge on any atom is 0.339 e. The number of ether oxygens (including phenoxy) is 2. The highest BCUT2D eigenvalue weighted by molar-refractivity contribution is 6.08. The second-order valence-corrected chi connectivity index (χ2v) is 5.84. The van der Waals surface area contributed by atoms with Crippen LogP contribution in [0, 0.1) is 0 Å². The largest absolute Gasteiger partial charge is 0.508 e. The molecule has 0 amide bonds. The van der Waals surface area contributed by atoms with Crippen LogP contribution in [0.3, 0.4) is 0 Å². The van der Waals surface area contributed by atoms with E-state index in [2.05, 4.69) is 0 Å². The van der Waals surface area contributed by atoms with Crippen LogP contribution in [0.1, 0.15) is 20.7 Å². The summed E-state index contributed by atoms with van der Waals surface area (Å²) in [7, 11) is 2.44. The molecule has 0 heterocycles. The van der Waals surface area contributed by atoms with Crippen LogP contribution < -0.4 is 0 Å². The lowest BCUT2D eigenvalue weighted by Crippen LogP contribution is -2.13. The topological polar surface area (TPSA) is 72.8 Å². The van der Waals surface area contributed by atoms with Gasteiger partial charge in [-0.05, 0) is 28.8 Å². The Morgan fingerprint density at radius 3 is 1.89 bits per heavy atom. The highest BCUT2D eigenvalue weighted by atomic mass is 16.5. The summed E-state index contributed by atoms with van der Waals surface area (Å²) in [5.41, 5.74) is 3.12. The van der Waals surface area contributed by atoms with E-state index in [1.54, 1.807) is 0 Å². The summed E-state index contributed by atoms with van der Waals surface area (Å²) in [6, 6.07) is 19.9. The Bertz CT molecular complexity index is 976. The molecule has 5 heteroatoms. The smallest absolute Gasteiger partial charge is 0.339 e. The van der Waals surface area contributed by atoms with E-state index in [9.17, 15) is 14.7 Å². The second-order valence-electron chi connectivity index (χ2n) is 5.84. The van der Waals surface area contributed by atoms with Crippen molar-refractivity contribution >= 4 is 11.9 Å². The number of carbonyl (C=O) groups excluding carboxylic acids is 2. The number of rotatable bonds is 4. The molecule has 27 heavy (non-hydrogen) atoms. The van der Waals surface area contributed by atoms with Gasteiger partial charge in [-0.1, -0.05) is 54.6 Å². The molecule has 0 bridgehead atoms. The summed E-state index contributed by atoms with van der Waals surface area (Å²) in [6.45, 7) is 0. The van der Waals surface area contributed by atoms with Gasteiger partial charge in [-0.25, -0.2) is 9.59 Å². The third kappa shape index (κ3) is 3.67. The lowest BCUT2D eigenvalue weighted by Gasteiger charge is -2.13. The molecule has 0 atom stereocenters. The molecule has 0 aliphatic rings. The summed E-state index contributed by atoms with van der Waals surface area (Å²) in [5.74, 6) is -1.56. The molecule has 0 fully saturated rings. The van der Waals surface area contributed by atoms with Gasteiger partial charge in [0, 0.05) is 5.56 Å². The van der Waals surface area contributed by atoms with Crippen LogP contribution in [0.4, 0.5) is 0 Å². The Balaban J connectivity index is 2.14. The molecule has 3 aromatic carbocycles. The summed E-state index contributed by atoms with van der Waals surface area (Å²) < 4.78 is 9.57. The summed E-state index contributed by atoms with van der Waals surface area (Å²) in [4.78, 5) is 24.4. The zero-order valence-corrected chi connectivity index (χ0v) is 14.9. The van der Waals surface area contributed by atoms with E-state index in [0.717, 1.165) is 11.1 Å². The average Bonchev–Trinajstić information content (AvgIpc) is 2.72. The molecule has 136 valence electrons. The third-order valence-electron chi connectivity index (χ3n) is 4.22. The van der Waals surface area contributed by atoms with Crippen LogP contribution in [0.15, 0.2) is 66.7 Å². The van der Waals surface area contributed by atoms with Gasteiger partial charge in [0.15, 0.2) is 0 Å². The quantitative estimate of drug-likeness (QED) is 0.701. The number of methoxy groups -OCH3 is 2. The Hall–Kier alpha value is -3.60. The number of phenols is 1. The monoisotopic (exact) mass is 362 g/mol. The molecule has 5 nitrogen and oxygen atoms in total. The molecule has 0 saturated carbocycles. The van der Waals surface area contributed by atoms with Gasteiger partial charge in [0.2, 0.25) is 0 Å². The van der Waals surface area contributed by atoms with E-state index < -0.39 is 11.9 Å². The lowest BCUT2D eigenvalue weighted by molar-refractivity contribution is 0.0555. The number of phenolic OH excluding ortho intramolecular Hbond substituents is 1. The fourth-order valence-electron chi connectivity index (χ4n) is 2.92. The number of benzene rings is 3. The molecule has 0 aromatic heterocycles. The van der Waals surface area contributed by atoms with Crippen molar-refractivity contribution in [1.29, 1.82) is 0 Å². The van der Waals surface area contributed by atoms with E-state index in [1.165, 1.54) is 26.4 Å². The minimum absolute atomic E-state index is 0.0496. The van der Waals surface area contributed by atoms with Crippen LogP contribution in [0.5, 0.6) is 5.75 Å². The average molecular weight is 362 g/mol. The zero-order chi connectivity index (χ0) is 19.4. The summed E-state index contributed by atoms with van der Waals surface area (Å²) in [5, 5.41) is 10.1. The van der Waals surface area contributed by atoms with Crippen molar-refractivity contribution in [2.45, 2.75) is 0 Å². The van der Waals surface area contributed by atoms with Crippen LogP contribution in [0.25, 0.3) is 22.3 Å². The number of hydrogen-bond donors (Lipinski definition) is 1. The van der Waals surface area contributed by atoms with E-state index in [1.807, 2.05) is 54.6 Å². The molecular formula is C22H18O5. The van der Waals surface area contributed by atoms with E-state index in [4.69, 9.17) is 9.47 Å². The maximum atomic E-state index is 12.3. The zero-order valence-electron chi connectivity index (χ0n) is 14.9. The van der Waals surface area contributed by atoms with Gasteiger partial charge in [-0.2, -0.15) is 0 Å². The first-order valence-corrected chi connectivity index (χ1v) is 8.24. The Morgan fingerprint density at radius 2 is 1.30 bits per heavy atom. The van der Waals surface area contributed by atoms with Gasteiger partial charge in [0.05, 0.1) is 25.3 Å².